The Morgan fingerprint density at radius 3 is 2.44 bits per heavy atom. The van der Waals surface area contributed by atoms with E-state index in [1.54, 1.807) is 0 Å². The molecule has 2 heterocycles. The fourth-order valence-electron chi connectivity index (χ4n) is 3.42. The number of fused-ring (bicyclic) bond motifs is 2. The van der Waals surface area contributed by atoms with Crippen molar-refractivity contribution in [2.45, 2.75) is 70.6 Å². The number of ether oxygens (including phenoxy) is 1. The third-order valence-electron chi connectivity index (χ3n) is 4.75. The summed E-state index contributed by atoms with van der Waals surface area (Å²) in [4.78, 5) is 2.79. The number of piperidine rings is 1. The molecule has 2 unspecified atom stereocenters. The van der Waals surface area contributed by atoms with Crippen molar-refractivity contribution in [3.05, 3.63) is 0 Å². The van der Waals surface area contributed by atoms with E-state index in [-0.39, 0.29) is 0 Å². The van der Waals surface area contributed by atoms with E-state index in [0.29, 0.717) is 11.5 Å². The van der Waals surface area contributed by atoms with Crippen LogP contribution in [0.15, 0.2) is 0 Å². The second-order valence-electron chi connectivity index (χ2n) is 6.51. The van der Waals surface area contributed by atoms with Crippen LogP contribution >= 0.6 is 0 Å². The zero-order valence-electron chi connectivity index (χ0n) is 10.7. The van der Waals surface area contributed by atoms with Crippen molar-refractivity contribution in [2.75, 3.05) is 13.2 Å². The molecule has 3 fully saturated rings. The molecule has 2 bridgehead atoms. The van der Waals surface area contributed by atoms with Gasteiger partial charge in [-0.25, -0.2) is 0 Å². The predicted octanol–water partition coefficient (Wildman–Crippen LogP) is 2.82. The quantitative estimate of drug-likeness (QED) is 0.710. The highest BCUT2D eigenvalue weighted by Crippen LogP contribution is 2.50. The molecule has 3 rings (SSSR count). The zero-order chi connectivity index (χ0) is 11.2. The van der Waals surface area contributed by atoms with E-state index in [0.717, 1.165) is 18.7 Å². The SMILES string of the molecule is CC(C)OCC1(CN2C3CCCC2C3)CC1. The lowest BCUT2D eigenvalue weighted by atomic mass is 9.79. The van der Waals surface area contributed by atoms with E-state index in [4.69, 9.17) is 4.74 Å². The van der Waals surface area contributed by atoms with Gasteiger partial charge in [0, 0.05) is 24.0 Å². The van der Waals surface area contributed by atoms with E-state index in [2.05, 4.69) is 18.7 Å². The summed E-state index contributed by atoms with van der Waals surface area (Å²) in [6, 6.07) is 1.88. The first kappa shape index (κ1) is 11.0. The molecule has 2 heteroatoms. The van der Waals surface area contributed by atoms with Crippen LogP contribution < -0.4 is 0 Å². The fraction of sp³-hybridized carbons (Fsp3) is 1.00. The fourth-order valence-corrected chi connectivity index (χ4v) is 3.42. The monoisotopic (exact) mass is 223 g/mol. The van der Waals surface area contributed by atoms with Gasteiger partial charge in [-0.3, -0.25) is 4.90 Å². The average Bonchev–Trinajstić information content (AvgIpc) is 3.05. The largest absolute Gasteiger partial charge is 0.378 e. The molecule has 1 saturated carbocycles. The summed E-state index contributed by atoms with van der Waals surface area (Å²) >= 11 is 0. The summed E-state index contributed by atoms with van der Waals surface area (Å²) in [7, 11) is 0. The van der Waals surface area contributed by atoms with Crippen molar-refractivity contribution in [3.8, 4) is 0 Å². The van der Waals surface area contributed by atoms with Gasteiger partial charge in [0.1, 0.15) is 0 Å². The van der Waals surface area contributed by atoms with Crippen molar-refractivity contribution in [1.29, 1.82) is 0 Å². The third kappa shape index (κ3) is 2.02. The minimum absolute atomic E-state index is 0.397. The zero-order valence-corrected chi connectivity index (χ0v) is 10.7. The van der Waals surface area contributed by atoms with Crippen LogP contribution in [0.3, 0.4) is 0 Å². The Balaban J connectivity index is 1.51. The van der Waals surface area contributed by atoms with Crippen LogP contribution in [0.4, 0.5) is 0 Å². The molecule has 0 N–H and O–H groups in total. The summed E-state index contributed by atoms with van der Waals surface area (Å²) in [5.74, 6) is 0. The van der Waals surface area contributed by atoms with Crippen LogP contribution in [-0.4, -0.2) is 36.2 Å². The van der Waals surface area contributed by atoms with Gasteiger partial charge in [0.15, 0.2) is 0 Å². The van der Waals surface area contributed by atoms with E-state index in [1.165, 1.54) is 45.1 Å². The predicted molar refractivity (Wildman–Crippen MR) is 65.5 cm³/mol. The number of hydrogen-bond acceptors (Lipinski definition) is 2. The minimum Gasteiger partial charge on any atom is -0.378 e. The first-order chi connectivity index (χ1) is 7.69. The second-order valence-corrected chi connectivity index (χ2v) is 6.51. The third-order valence-corrected chi connectivity index (χ3v) is 4.75. The van der Waals surface area contributed by atoms with E-state index in [9.17, 15) is 0 Å². The van der Waals surface area contributed by atoms with Crippen LogP contribution in [0.5, 0.6) is 0 Å². The molecule has 2 aliphatic heterocycles. The molecule has 2 atom stereocenters. The number of rotatable bonds is 5. The van der Waals surface area contributed by atoms with Crippen LogP contribution in [-0.2, 0) is 4.74 Å². The highest BCUT2D eigenvalue weighted by Gasteiger charge is 2.50. The van der Waals surface area contributed by atoms with E-state index < -0.39 is 0 Å². The Bertz CT molecular complexity index is 245. The van der Waals surface area contributed by atoms with Gasteiger partial charge in [-0.05, 0) is 46.0 Å². The second kappa shape index (κ2) is 3.99. The number of nitrogens with zero attached hydrogens (tertiary/aromatic N) is 1. The number of hydrogen-bond donors (Lipinski definition) is 0. The maximum atomic E-state index is 5.83. The molecule has 0 aromatic rings. The van der Waals surface area contributed by atoms with Gasteiger partial charge in [-0.2, -0.15) is 0 Å². The Morgan fingerprint density at radius 1 is 1.25 bits per heavy atom. The molecular formula is C14H25NO. The molecule has 0 aromatic carbocycles. The van der Waals surface area contributed by atoms with Gasteiger partial charge < -0.3 is 4.74 Å². The Kier molecular flexibility index (Phi) is 2.75. The van der Waals surface area contributed by atoms with Crippen LogP contribution in [0, 0.1) is 5.41 Å². The lowest BCUT2D eigenvalue weighted by Gasteiger charge is -2.54. The van der Waals surface area contributed by atoms with Gasteiger partial charge in [0.05, 0.1) is 12.7 Å². The summed E-state index contributed by atoms with van der Waals surface area (Å²) < 4.78 is 5.83. The lowest BCUT2D eigenvalue weighted by Crippen LogP contribution is -2.60. The Morgan fingerprint density at radius 2 is 1.94 bits per heavy atom. The van der Waals surface area contributed by atoms with Gasteiger partial charge >= 0.3 is 0 Å². The molecule has 0 radical (unpaired) electrons. The minimum atomic E-state index is 0.397. The van der Waals surface area contributed by atoms with Crippen LogP contribution in [0.1, 0.15) is 52.4 Å². The molecule has 1 aliphatic carbocycles. The highest BCUT2D eigenvalue weighted by molar-refractivity contribution is 5.03. The van der Waals surface area contributed by atoms with Crippen LogP contribution in [0.25, 0.3) is 0 Å². The van der Waals surface area contributed by atoms with E-state index in [1.807, 2.05) is 0 Å². The first-order valence-corrected chi connectivity index (χ1v) is 7.06. The molecule has 0 aromatic heterocycles. The van der Waals surface area contributed by atoms with Gasteiger partial charge in [0.2, 0.25) is 0 Å². The molecule has 0 amide bonds. The maximum Gasteiger partial charge on any atom is 0.0538 e. The van der Waals surface area contributed by atoms with Gasteiger partial charge in [-0.1, -0.05) is 6.42 Å². The maximum absolute atomic E-state index is 5.83. The smallest absolute Gasteiger partial charge is 0.0538 e. The average molecular weight is 223 g/mol. The summed E-state index contributed by atoms with van der Waals surface area (Å²) in [5.41, 5.74) is 0.554. The van der Waals surface area contributed by atoms with Crippen LogP contribution in [0.2, 0.25) is 0 Å². The van der Waals surface area contributed by atoms with Crippen molar-refractivity contribution >= 4 is 0 Å². The highest BCUT2D eigenvalue weighted by atomic mass is 16.5. The molecule has 3 aliphatic rings. The summed E-state index contributed by atoms with van der Waals surface area (Å²) in [6.45, 7) is 6.62. The Hall–Kier alpha value is -0.0800. The molecular weight excluding hydrogens is 198 g/mol. The summed E-state index contributed by atoms with van der Waals surface area (Å²) in [6.07, 6.45) is 9.07. The molecule has 2 nitrogen and oxygen atoms in total. The first-order valence-electron chi connectivity index (χ1n) is 7.06. The molecule has 16 heavy (non-hydrogen) atoms. The molecule has 0 spiro atoms. The normalized spacial score (nSPS) is 36.2. The van der Waals surface area contributed by atoms with Crippen molar-refractivity contribution in [3.63, 3.8) is 0 Å². The molecule has 92 valence electrons. The molecule has 2 saturated heterocycles. The Labute approximate surface area is 99.3 Å². The van der Waals surface area contributed by atoms with Crippen molar-refractivity contribution in [1.82, 2.24) is 4.90 Å². The topological polar surface area (TPSA) is 12.5 Å². The van der Waals surface area contributed by atoms with Crippen molar-refractivity contribution < 1.29 is 4.74 Å². The van der Waals surface area contributed by atoms with Crippen molar-refractivity contribution in [2.24, 2.45) is 5.41 Å². The summed E-state index contributed by atoms with van der Waals surface area (Å²) in [5, 5.41) is 0. The lowest BCUT2D eigenvalue weighted by molar-refractivity contribution is -0.0576. The van der Waals surface area contributed by atoms with E-state index >= 15 is 0 Å². The standard InChI is InChI=1S/C14H25NO/c1-11(2)16-10-14(6-7-14)9-15-12-4-3-5-13(15)8-12/h11-13H,3-10H2,1-2H3. The van der Waals surface area contributed by atoms with Gasteiger partial charge in [-0.15, -0.1) is 0 Å². The van der Waals surface area contributed by atoms with Gasteiger partial charge in [0.25, 0.3) is 0 Å².